The molecule has 120 valence electrons. The van der Waals surface area contributed by atoms with E-state index >= 15 is 0 Å². The zero-order valence-corrected chi connectivity index (χ0v) is 13.6. The van der Waals surface area contributed by atoms with Crippen LogP contribution in [0.3, 0.4) is 0 Å². The number of ether oxygens (including phenoxy) is 1. The molecule has 1 saturated carbocycles. The van der Waals surface area contributed by atoms with Gasteiger partial charge in [-0.1, -0.05) is 6.07 Å². The molecule has 0 saturated heterocycles. The van der Waals surface area contributed by atoms with Gasteiger partial charge >= 0.3 is 5.97 Å². The molecule has 0 aromatic heterocycles. The Morgan fingerprint density at radius 1 is 1.32 bits per heavy atom. The van der Waals surface area contributed by atoms with E-state index in [0.29, 0.717) is 5.56 Å². The van der Waals surface area contributed by atoms with E-state index in [-0.39, 0.29) is 22.4 Å². The lowest BCUT2D eigenvalue weighted by Gasteiger charge is -2.14. The van der Waals surface area contributed by atoms with Gasteiger partial charge in [0.25, 0.3) is 5.91 Å². The van der Waals surface area contributed by atoms with Gasteiger partial charge in [0, 0.05) is 12.3 Å². The summed E-state index contributed by atoms with van der Waals surface area (Å²) in [6.07, 6.45) is 2.04. The number of hydrogen-bond acceptors (Lipinski definition) is 5. The Morgan fingerprint density at radius 2 is 1.95 bits per heavy atom. The van der Waals surface area contributed by atoms with Crippen molar-refractivity contribution < 1.29 is 22.7 Å². The number of sulfone groups is 1. The molecule has 6 nitrogen and oxygen atoms in total. The van der Waals surface area contributed by atoms with Crippen LogP contribution in [0.1, 0.15) is 35.7 Å². The molecule has 1 atom stereocenters. The number of carbonyl (C=O) groups excluding carboxylic acids is 2. The highest BCUT2D eigenvalue weighted by atomic mass is 32.2. The second-order valence-electron chi connectivity index (χ2n) is 5.58. The first-order valence-electron chi connectivity index (χ1n) is 7.00. The predicted octanol–water partition coefficient (Wildman–Crippen LogP) is 1.22. The highest BCUT2D eigenvalue weighted by molar-refractivity contribution is 7.90. The Bertz CT molecular complexity index is 707. The number of nitrogens with one attached hydrogen (secondary N) is 1. The zero-order chi connectivity index (χ0) is 16.5. The number of esters is 1. The van der Waals surface area contributed by atoms with Crippen molar-refractivity contribution in [2.24, 2.45) is 0 Å². The van der Waals surface area contributed by atoms with E-state index in [4.69, 9.17) is 4.74 Å². The molecule has 1 N–H and O–H groups in total. The van der Waals surface area contributed by atoms with E-state index in [1.54, 1.807) is 13.0 Å². The number of rotatable bonds is 5. The molecule has 0 aliphatic heterocycles. The summed E-state index contributed by atoms with van der Waals surface area (Å²) in [4.78, 5) is 24.0. The van der Waals surface area contributed by atoms with Crippen LogP contribution in [0.25, 0.3) is 0 Å². The lowest BCUT2D eigenvalue weighted by Crippen LogP contribution is -2.37. The van der Waals surface area contributed by atoms with Gasteiger partial charge in [0.15, 0.2) is 15.9 Å². The third-order valence-electron chi connectivity index (χ3n) is 3.43. The molecule has 0 spiro atoms. The van der Waals surface area contributed by atoms with Gasteiger partial charge in [-0.15, -0.1) is 0 Å². The molecule has 7 heteroatoms. The Morgan fingerprint density at radius 3 is 2.50 bits per heavy atom. The number of aryl methyl sites for hydroxylation is 1. The minimum absolute atomic E-state index is 0.0418. The number of benzene rings is 1. The number of hydrogen-bond donors (Lipinski definition) is 1. The van der Waals surface area contributed by atoms with E-state index in [1.165, 1.54) is 19.1 Å². The summed E-state index contributed by atoms with van der Waals surface area (Å²) in [5.41, 5.74) is 0.737. The van der Waals surface area contributed by atoms with Crippen molar-refractivity contribution in [2.45, 2.75) is 43.7 Å². The zero-order valence-electron chi connectivity index (χ0n) is 12.8. The average Bonchev–Trinajstić information content (AvgIpc) is 3.21. The quantitative estimate of drug-likeness (QED) is 0.822. The van der Waals surface area contributed by atoms with Crippen LogP contribution < -0.4 is 5.32 Å². The standard InChI is InChI=1S/C15H19NO5S/c1-9-4-7-12(22(3,19)20)8-13(9)15(18)21-10(2)14(17)16-11-5-6-11/h4,7-8,10-11H,5-6H2,1-3H3,(H,16,17)/t10-/m1/s1. The van der Waals surface area contributed by atoms with Crippen molar-refractivity contribution in [3.8, 4) is 0 Å². The molecule has 0 radical (unpaired) electrons. The van der Waals surface area contributed by atoms with E-state index in [0.717, 1.165) is 19.1 Å². The van der Waals surface area contributed by atoms with Gasteiger partial charge in [-0.05, 0) is 44.4 Å². The summed E-state index contributed by atoms with van der Waals surface area (Å²) in [7, 11) is -3.42. The smallest absolute Gasteiger partial charge is 0.339 e. The number of amides is 1. The highest BCUT2D eigenvalue weighted by Crippen LogP contribution is 2.20. The molecular weight excluding hydrogens is 306 g/mol. The van der Waals surface area contributed by atoms with Crippen LogP contribution in [-0.2, 0) is 19.4 Å². The number of carbonyl (C=O) groups is 2. The van der Waals surface area contributed by atoms with Gasteiger partial charge in [0.05, 0.1) is 10.5 Å². The minimum Gasteiger partial charge on any atom is -0.449 e. The maximum Gasteiger partial charge on any atom is 0.339 e. The van der Waals surface area contributed by atoms with Crippen LogP contribution in [0.15, 0.2) is 23.1 Å². The minimum atomic E-state index is -3.42. The summed E-state index contributed by atoms with van der Waals surface area (Å²) < 4.78 is 28.3. The molecular formula is C15H19NO5S. The molecule has 2 rings (SSSR count). The van der Waals surface area contributed by atoms with Crippen LogP contribution in [0.4, 0.5) is 0 Å². The maximum atomic E-state index is 12.2. The molecule has 1 aliphatic carbocycles. The summed E-state index contributed by atoms with van der Waals surface area (Å²) in [6.45, 7) is 3.17. The summed E-state index contributed by atoms with van der Waals surface area (Å²) >= 11 is 0. The fourth-order valence-electron chi connectivity index (χ4n) is 1.88. The van der Waals surface area contributed by atoms with Crippen molar-refractivity contribution in [1.29, 1.82) is 0 Å². The molecule has 0 heterocycles. The summed E-state index contributed by atoms with van der Waals surface area (Å²) in [5.74, 6) is -1.05. The predicted molar refractivity (Wildman–Crippen MR) is 80.3 cm³/mol. The van der Waals surface area contributed by atoms with Crippen LogP contribution >= 0.6 is 0 Å². The topological polar surface area (TPSA) is 89.5 Å². The maximum absolute atomic E-state index is 12.2. The van der Waals surface area contributed by atoms with Crippen molar-refractivity contribution >= 4 is 21.7 Å². The first-order valence-corrected chi connectivity index (χ1v) is 8.89. The molecule has 1 aromatic carbocycles. The van der Waals surface area contributed by atoms with Crippen LogP contribution in [0.2, 0.25) is 0 Å². The second-order valence-corrected chi connectivity index (χ2v) is 7.60. The van der Waals surface area contributed by atoms with Crippen LogP contribution in [-0.4, -0.2) is 38.7 Å². The fraction of sp³-hybridized carbons (Fsp3) is 0.467. The molecule has 0 bridgehead atoms. The van der Waals surface area contributed by atoms with Gasteiger partial charge in [0.2, 0.25) is 0 Å². The highest BCUT2D eigenvalue weighted by Gasteiger charge is 2.27. The lowest BCUT2D eigenvalue weighted by molar-refractivity contribution is -0.129. The molecule has 22 heavy (non-hydrogen) atoms. The van der Waals surface area contributed by atoms with E-state index in [1.807, 2.05) is 0 Å². The van der Waals surface area contributed by atoms with Crippen molar-refractivity contribution in [1.82, 2.24) is 5.32 Å². The van der Waals surface area contributed by atoms with E-state index in [9.17, 15) is 18.0 Å². The van der Waals surface area contributed by atoms with Gasteiger partial charge < -0.3 is 10.1 Å². The van der Waals surface area contributed by atoms with Crippen LogP contribution in [0.5, 0.6) is 0 Å². The molecule has 1 aromatic rings. The Hall–Kier alpha value is -1.89. The largest absolute Gasteiger partial charge is 0.449 e. The SMILES string of the molecule is Cc1ccc(S(C)(=O)=O)cc1C(=O)O[C@H](C)C(=O)NC1CC1. The van der Waals surface area contributed by atoms with Crippen molar-refractivity contribution in [3.63, 3.8) is 0 Å². The normalized spacial score (nSPS) is 16.0. The molecule has 1 aliphatic rings. The monoisotopic (exact) mass is 325 g/mol. The van der Waals surface area contributed by atoms with Gasteiger partial charge in [-0.25, -0.2) is 13.2 Å². The van der Waals surface area contributed by atoms with E-state index < -0.39 is 21.9 Å². The Labute approximate surface area is 129 Å². The molecule has 1 amide bonds. The first-order chi connectivity index (χ1) is 10.2. The van der Waals surface area contributed by atoms with Gasteiger partial charge in [-0.2, -0.15) is 0 Å². The first kappa shape index (κ1) is 16.5. The fourth-order valence-corrected chi connectivity index (χ4v) is 2.52. The van der Waals surface area contributed by atoms with Crippen molar-refractivity contribution in [2.75, 3.05) is 6.26 Å². The van der Waals surface area contributed by atoms with Gasteiger partial charge in [0.1, 0.15) is 0 Å². The second kappa shape index (κ2) is 6.08. The third kappa shape index (κ3) is 4.07. The van der Waals surface area contributed by atoms with Crippen molar-refractivity contribution in [3.05, 3.63) is 29.3 Å². The molecule has 1 fully saturated rings. The summed E-state index contributed by atoms with van der Waals surface area (Å²) in [5, 5.41) is 2.75. The molecule has 0 unspecified atom stereocenters. The lowest BCUT2D eigenvalue weighted by atomic mass is 10.1. The van der Waals surface area contributed by atoms with E-state index in [2.05, 4.69) is 5.32 Å². The summed E-state index contributed by atoms with van der Waals surface area (Å²) in [6, 6.07) is 4.44. The Kier molecular flexibility index (Phi) is 4.55. The average molecular weight is 325 g/mol. The third-order valence-corrected chi connectivity index (χ3v) is 4.54. The Balaban J connectivity index is 2.12. The van der Waals surface area contributed by atoms with Gasteiger partial charge in [-0.3, -0.25) is 4.79 Å². The van der Waals surface area contributed by atoms with Crippen LogP contribution in [0, 0.1) is 6.92 Å².